The average Bonchev–Trinajstić information content (AvgIpc) is 2.78. The molecule has 1 unspecified atom stereocenters. The maximum atomic E-state index is 6.16. The first-order valence-corrected chi connectivity index (χ1v) is 6.68. The van der Waals surface area contributed by atoms with Gasteiger partial charge in [-0.05, 0) is 60.9 Å². The number of nitrogens with two attached hydrogens (primary N) is 1. The highest BCUT2D eigenvalue weighted by Crippen LogP contribution is 2.30. The van der Waals surface area contributed by atoms with E-state index in [0.29, 0.717) is 0 Å². The van der Waals surface area contributed by atoms with Crippen LogP contribution in [-0.2, 0) is 12.8 Å². The lowest BCUT2D eigenvalue weighted by Gasteiger charge is -2.16. The van der Waals surface area contributed by atoms with Gasteiger partial charge < -0.3 is 10.7 Å². The highest BCUT2D eigenvalue weighted by Gasteiger charge is 2.15. The van der Waals surface area contributed by atoms with Gasteiger partial charge >= 0.3 is 0 Å². The molecule has 90 valence electrons. The Hall–Kier alpha value is -1.28. The maximum Gasteiger partial charge on any atom is 0.0460 e. The van der Waals surface area contributed by atoms with Crippen molar-refractivity contribution in [1.82, 2.24) is 4.98 Å². The number of aromatic amines is 1. The molecular formula is C15H20N2. The van der Waals surface area contributed by atoms with Crippen LogP contribution < -0.4 is 5.73 Å². The van der Waals surface area contributed by atoms with Crippen molar-refractivity contribution in [1.29, 1.82) is 0 Å². The van der Waals surface area contributed by atoms with Crippen LogP contribution in [0, 0.1) is 0 Å². The van der Waals surface area contributed by atoms with Crippen molar-refractivity contribution in [2.45, 2.75) is 45.1 Å². The molecule has 1 heterocycles. The lowest BCUT2D eigenvalue weighted by Crippen LogP contribution is -2.08. The molecule has 0 saturated carbocycles. The molecule has 1 aromatic carbocycles. The molecule has 1 aliphatic rings. The zero-order valence-electron chi connectivity index (χ0n) is 10.4. The number of rotatable bonds is 2. The molecule has 0 radical (unpaired) electrons. The molecule has 0 amide bonds. The second-order valence-electron chi connectivity index (χ2n) is 5.13. The summed E-state index contributed by atoms with van der Waals surface area (Å²) in [5, 5.41) is 1.33. The Labute approximate surface area is 102 Å². The number of aromatic nitrogens is 1. The molecule has 0 bridgehead atoms. The number of nitrogens with one attached hydrogen (secondary N) is 1. The van der Waals surface area contributed by atoms with Crippen molar-refractivity contribution in [2.24, 2.45) is 5.73 Å². The molecule has 17 heavy (non-hydrogen) atoms. The van der Waals surface area contributed by atoms with E-state index >= 15 is 0 Å². The highest BCUT2D eigenvalue weighted by molar-refractivity contribution is 5.85. The third-order valence-electron chi connectivity index (χ3n) is 4.02. The topological polar surface area (TPSA) is 41.8 Å². The zero-order chi connectivity index (χ0) is 11.8. The van der Waals surface area contributed by atoms with Crippen LogP contribution in [0.4, 0.5) is 0 Å². The molecule has 1 aliphatic carbocycles. The van der Waals surface area contributed by atoms with Gasteiger partial charge in [0.25, 0.3) is 0 Å². The molecule has 3 N–H and O–H groups in total. The van der Waals surface area contributed by atoms with Gasteiger partial charge in [0, 0.05) is 23.1 Å². The zero-order valence-corrected chi connectivity index (χ0v) is 10.4. The van der Waals surface area contributed by atoms with Crippen molar-refractivity contribution in [3.05, 3.63) is 35.0 Å². The second kappa shape index (κ2) is 4.19. The van der Waals surface area contributed by atoms with Crippen molar-refractivity contribution >= 4 is 10.9 Å². The van der Waals surface area contributed by atoms with E-state index in [1.54, 1.807) is 0 Å². The van der Waals surface area contributed by atoms with Crippen molar-refractivity contribution in [2.75, 3.05) is 0 Å². The predicted octanol–water partition coefficient (Wildman–Crippen LogP) is 3.46. The molecule has 0 fully saturated rings. The SMILES string of the molecule is CCC(N)c1c[nH]c2cc3c(cc12)CCCC3. The van der Waals surface area contributed by atoms with Gasteiger partial charge in [0.05, 0.1) is 0 Å². The molecule has 3 rings (SSSR count). The van der Waals surface area contributed by atoms with Gasteiger partial charge in [-0.25, -0.2) is 0 Å². The monoisotopic (exact) mass is 228 g/mol. The summed E-state index contributed by atoms with van der Waals surface area (Å²) in [7, 11) is 0. The first kappa shape index (κ1) is 10.8. The minimum absolute atomic E-state index is 0.158. The van der Waals surface area contributed by atoms with Gasteiger partial charge in [0.2, 0.25) is 0 Å². The van der Waals surface area contributed by atoms with Gasteiger partial charge in [-0.2, -0.15) is 0 Å². The summed E-state index contributed by atoms with van der Waals surface area (Å²) >= 11 is 0. The van der Waals surface area contributed by atoms with E-state index < -0.39 is 0 Å². The standard InChI is InChI=1S/C15H20N2/c1-2-14(16)13-9-17-15-8-11-6-4-3-5-10(11)7-12(13)15/h7-9,14,17H,2-6,16H2,1H3. The van der Waals surface area contributed by atoms with Crippen LogP contribution in [0.1, 0.15) is 48.9 Å². The summed E-state index contributed by atoms with van der Waals surface area (Å²) in [5.74, 6) is 0. The van der Waals surface area contributed by atoms with Gasteiger partial charge in [-0.3, -0.25) is 0 Å². The van der Waals surface area contributed by atoms with Crippen LogP contribution in [0.3, 0.4) is 0 Å². The molecule has 1 aromatic heterocycles. The van der Waals surface area contributed by atoms with Crippen LogP contribution in [0.5, 0.6) is 0 Å². The Morgan fingerprint density at radius 2 is 1.94 bits per heavy atom. The number of benzene rings is 1. The fourth-order valence-electron chi connectivity index (χ4n) is 2.90. The van der Waals surface area contributed by atoms with E-state index in [4.69, 9.17) is 5.73 Å². The van der Waals surface area contributed by atoms with Gasteiger partial charge in [0.15, 0.2) is 0 Å². The predicted molar refractivity (Wildman–Crippen MR) is 72.2 cm³/mol. The third kappa shape index (κ3) is 1.77. The van der Waals surface area contributed by atoms with Crippen molar-refractivity contribution in [3.8, 4) is 0 Å². The smallest absolute Gasteiger partial charge is 0.0460 e. The lowest BCUT2D eigenvalue weighted by atomic mass is 9.89. The molecule has 2 heteroatoms. The van der Waals surface area contributed by atoms with Crippen molar-refractivity contribution in [3.63, 3.8) is 0 Å². The maximum absolute atomic E-state index is 6.16. The van der Waals surface area contributed by atoms with E-state index in [1.165, 1.54) is 53.3 Å². The van der Waals surface area contributed by atoms with E-state index in [1.807, 2.05) is 0 Å². The summed E-state index contributed by atoms with van der Waals surface area (Å²) in [6.07, 6.45) is 8.21. The van der Waals surface area contributed by atoms with Crippen molar-refractivity contribution < 1.29 is 0 Å². The van der Waals surface area contributed by atoms with Gasteiger partial charge in [0.1, 0.15) is 0 Å². The average molecular weight is 228 g/mol. The third-order valence-corrected chi connectivity index (χ3v) is 4.02. The molecule has 1 atom stereocenters. The molecule has 2 nitrogen and oxygen atoms in total. The summed E-state index contributed by atoms with van der Waals surface area (Å²) in [6.45, 7) is 2.14. The minimum atomic E-state index is 0.158. The Kier molecular flexibility index (Phi) is 2.67. The van der Waals surface area contributed by atoms with E-state index in [2.05, 4.69) is 30.2 Å². The fraction of sp³-hybridized carbons (Fsp3) is 0.467. The Morgan fingerprint density at radius 3 is 2.65 bits per heavy atom. The first-order valence-electron chi connectivity index (χ1n) is 6.68. The Bertz CT molecular complexity index is 539. The van der Waals surface area contributed by atoms with E-state index in [9.17, 15) is 0 Å². The summed E-state index contributed by atoms with van der Waals surface area (Å²) in [6, 6.07) is 4.85. The molecule has 0 spiro atoms. The fourth-order valence-corrected chi connectivity index (χ4v) is 2.90. The first-order chi connectivity index (χ1) is 8.29. The van der Waals surface area contributed by atoms with Crippen LogP contribution in [-0.4, -0.2) is 4.98 Å². The Morgan fingerprint density at radius 1 is 1.24 bits per heavy atom. The van der Waals surface area contributed by atoms with Crippen LogP contribution in [0.2, 0.25) is 0 Å². The van der Waals surface area contributed by atoms with Gasteiger partial charge in [-0.1, -0.05) is 6.92 Å². The molecule has 0 saturated heterocycles. The molecular weight excluding hydrogens is 208 g/mol. The van der Waals surface area contributed by atoms with Crippen LogP contribution in [0.15, 0.2) is 18.3 Å². The number of H-pyrrole nitrogens is 1. The van der Waals surface area contributed by atoms with Crippen LogP contribution in [0.25, 0.3) is 10.9 Å². The number of hydrogen-bond acceptors (Lipinski definition) is 1. The quantitative estimate of drug-likeness (QED) is 0.812. The summed E-state index contributed by atoms with van der Waals surface area (Å²) < 4.78 is 0. The van der Waals surface area contributed by atoms with E-state index in [-0.39, 0.29) is 6.04 Å². The van der Waals surface area contributed by atoms with E-state index in [0.717, 1.165) is 6.42 Å². The lowest BCUT2D eigenvalue weighted by molar-refractivity contribution is 0.686. The summed E-state index contributed by atoms with van der Waals surface area (Å²) in [5.41, 5.74) is 11.8. The normalized spacial score (nSPS) is 17.1. The number of hydrogen-bond donors (Lipinski definition) is 2. The minimum Gasteiger partial charge on any atom is -0.361 e. The Balaban J connectivity index is 2.15. The molecule has 0 aliphatic heterocycles. The van der Waals surface area contributed by atoms with Crippen LogP contribution >= 0.6 is 0 Å². The summed E-state index contributed by atoms with van der Waals surface area (Å²) in [4.78, 5) is 3.37. The van der Waals surface area contributed by atoms with Gasteiger partial charge in [-0.15, -0.1) is 0 Å². The number of fused-ring (bicyclic) bond motifs is 2. The number of aryl methyl sites for hydroxylation is 2. The second-order valence-corrected chi connectivity index (χ2v) is 5.13. The largest absolute Gasteiger partial charge is 0.361 e. The highest BCUT2D eigenvalue weighted by atomic mass is 14.7. The molecule has 2 aromatic rings.